The molecule has 2 fully saturated rings. The van der Waals surface area contributed by atoms with Crippen LogP contribution < -0.4 is 16.0 Å². The van der Waals surface area contributed by atoms with Crippen molar-refractivity contribution < 1.29 is 9.90 Å². The molecule has 1 aliphatic heterocycles. The topological polar surface area (TPSA) is 110 Å². The Morgan fingerprint density at radius 1 is 1.36 bits per heavy atom. The van der Waals surface area contributed by atoms with Crippen molar-refractivity contribution in [3.8, 4) is 6.19 Å². The summed E-state index contributed by atoms with van der Waals surface area (Å²) in [5, 5.41) is 27.1. The SMILES string of the molecule is N#CNC(=NCC1CCCNC1)NC1CCCC(C(=O)O)C1. The van der Waals surface area contributed by atoms with Gasteiger partial charge in [-0.3, -0.25) is 15.1 Å². The molecule has 3 atom stereocenters. The van der Waals surface area contributed by atoms with E-state index in [2.05, 4.69) is 20.9 Å². The molecule has 1 saturated carbocycles. The van der Waals surface area contributed by atoms with E-state index in [-0.39, 0.29) is 12.0 Å². The lowest BCUT2D eigenvalue weighted by Crippen LogP contribution is -2.45. The van der Waals surface area contributed by atoms with E-state index in [1.165, 1.54) is 0 Å². The van der Waals surface area contributed by atoms with Gasteiger partial charge in [0, 0.05) is 12.6 Å². The van der Waals surface area contributed by atoms with E-state index in [0.717, 1.165) is 45.2 Å². The lowest BCUT2D eigenvalue weighted by atomic mass is 9.86. The fraction of sp³-hybridized carbons (Fsp3) is 0.800. The lowest BCUT2D eigenvalue weighted by Gasteiger charge is -2.28. The van der Waals surface area contributed by atoms with Gasteiger partial charge in [-0.1, -0.05) is 6.42 Å². The standard InChI is InChI=1S/C15H25N5O2/c16-10-19-15(18-9-11-3-2-6-17-8-11)20-13-5-1-4-12(7-13)14(21)22/h11-13,17H,1-9H2,(H,21,22)(H2,18,19,20). The molecule has 0 amide bonds. The Kier molecular flexibility index (Phi) is 6.46. The van der Waals surface area contributed by atoms with Gasteiger partial charge in [-0.15, -0.1) is 0 Å². The Balaban J connectivity index is 1.87. The number of rotatable bonds is 4. The molecule has 7 nitrogen and oxygen atoms in total. The monoisotopic (exact) mass is 307 g/mol. The van der Waals surface area contributed by atoms with Gasteiger partial charge in [0.1, 0.15) is 0 Å². The number of aliphatic carboxylic acids is 1. The predicted octanol–water partition coefficient (Wildman–Crippen LogP) is 0.646. The predicted molar refractivity (Wildman–Crippen MR) is 83.2 cm³/mol. The van der Waals surface area contributed by atoms with E-state index in [9.17, 15) is 4.79 Å². The van der Waals surface area contributed by atoms with Crippen molar-refractivity contribution in [1.29, 1.82) is 5.26 Å². The first-order chi connectivity index (χ1) is 10.7. The molecule has 1 aliphatic carbocycles. The van der Waals surface area contributed by atoms with Crippen LogP contribution in [0.1, 0.15) is 38.5 Å². The van der Waals surface area contributed by atoms with Crippen molar-refractivity contribution in [1.82, 2.24) is 16.0 Å². The molecule has 2 rings (SSSR count). The number of carbonyl (C=O) groups is 1. The fourth-order valence-corrected chi connectivity index (χ4v) is 3.21. The van der Waals surface area contributed by atoms with Gasteiger partial charge in [-0.25, -0.2) is 0 Å². The van der Waals surface area contributed by atoms with E-state index in [1.54, 1.807) is 0 Å². The molecular formula is C15H25N5O2. The van der Waals surface area contributed by atoms with E-state index in [1.807, 2.05) is 6.19 Å². The van der Waals surface area contributed by atoms with Gasteiger partial charge in [-0.2, -0.15) is 5.26 Å². The number of nitrogens with zero attached hydrogens (tertiary/aromatic N) is 2. The molecule has 2 aliphatic rings. The maximum atomic E-state index is 11.1. The maximum Gasteiger partial charge on any atom is 0.306 e. The molecular weight excluding hydrogens is 282 g/mol. The van der Waals surface area contributed by atoms with Crippen molar-refractivity contribution in [3.05, 3.63) is 0 Å². The van der Waals surface area contributed by atoms with Crippen molar-refractivity contribution in [3.63, 3.8) is 0 Å². The van der Waals surface area contributed by atoms with E-state index in [4.69, 9.17) is 10.4 Å². The first-order valence-electron chi connectivity index (χ1n) is 8.08. The number of piperidine rings is 1. The average molecular weight is 307 g/mol. The first-order valence-corrected chi connectivity index (χ1v) is 8.08. The number of nitrogens with one attached hydrogen (secondary N) is 3. The molecule has 7 heteroatoms. The second kappa shape index (κ2) is 8.59. The van der Waals surface area contributed by atoms with Crippen LogP contribution in [0.2, 0.25) is 0 Å². The molecule has 0 aromatic heterocycles. The molecule has 1 heterocycles. The Bertz CT molecular complexity index is 440. The average Bonchev–Trinajstić information content (AvgIpc) is 2.54. The van der Waals surface area contributed by atoms with Crippen molar-refractivity contribution >= 4 is 11.9 Å². The molecule has 0 radical (unpaired) electrons. The molecule has 4 N–H and O–H groups in total. The van der Waals surface area contributed by atoms with Crippen LogP contribution >= 0.6 is 0 Å². The second-order valence-corrected chi connectivity index (χ2v) is 6.18. The van der Waals surface area contributed by atoms with Crippen LogP contribution in [0.5, 0.6) is 0 Å². The molecule has 1 saturated heterocycles. The highest BCUT2D eigenvalue weighted by molar-refractivity contribution is 5.81. The highest BCUT2D eigenvalue weighted by atomic mass is 16.4. The van der Waals surface area contributed by atoms with Crippen molar-refractivity contribution in [2.75, 3.05) is 19.6 Å². The minimum atomic E-state index is -0.730. The smallest absolute Gasteiger partial charge is 0.306 e. The highest BCUT2D eigenvalue weighted by Crippen LogP contribution is 2.24. The number of carboxylic acids is 1. The molecule has 22 heavy (non-hydrogen) atoms. The fourth-order valence-electron chi connectivity index (χ4n) is 3.21. The third-order valence-corrected chi connectivity index (χ3v) is 4.45. The van der Waals surface area contributed by atoms with Crippen LogP contribution in [0.3, 0.4) is 0 Å². The maximum absolute atomic E-state index is 11.1. The van der Waals surface area contributed by atoms with Crippen LogP contribution in [-0.2, 0) is 4.79 Å². The van der Waals surface area contributed by atoms with Crippen LogP contribution in [0.25, 0.3) is 0 Å². The highest BCUT2D eigenvalue weighted by Gasteiger charge is 2.27. The molecule has 0 aromatic rings. The zero-order valence-corrected chi connectivity index (χ0v) is 12.8. The van der Waals surface area contributed by atoms with E-state index < -0.39 is 5.97 Å². The van der Waals surface area contributed by atoms with Gasteiger partial charge in [0.05, 0.1) is 5.92 Å². The van der Waals surface area contributed by atoms with Gasteiger partial charge >= 0.3 is 5.97 Å². The zero-order valence-electron chi connectivity index (χ0n) is 12.8. The van der Waals surface area contributed by atoms with E-state index >= 15 is 0 Å². The molecule has 0 spiro atoms. The Labute approximate surface area is 131 Å². The summed E-state index contributed by atoms with van der Waals surface area (Å²) in [6.07, 6.45) is 7.35. The summed E-state index contributed by atoms with van der Waals surface area (Å²) in [4.78, 5) is 15.6. The molecule has 122 valence electrons. The van der Waals surface area contributed by atoms with Crippen molar-refractivity contribution in [2.24, 2.45) is 16.8 Å². The Morgan fingerprint density at radius 2 is 2.23 bits per heavy atom. The summed E-state index contributed by atoms with van der Waals surface area (Å²) in [5.41, 5.74) is 0. The molecule has 3 unspecified atom stereocenters. The summed E-state index contributed by atoms with van der Waals surface area (Å²) < 4.78 is 0. The molecule has 0 bridgehead atoms. The summed E-state index contributed by atoms with van der Waals surface area (Å²) in [6.45, 7) is 2.72. The van der Waals surface area contributed by atoms with E-state index in [0.29, 0.717) is 24.8 Å². The van der Waals surface area contributed by atoms with Gasteiger partial charge in [0.25, 0.3) is 0 Å². The quantitative estimate of drug-likeness (QED) is 0.263. The summed E-state index contributed by atoms with van der Waals surface area (Å²) in [7, 11) is 0. The van der Waals surface area contributed by atoms with Gasteiger partial charge in [0.2, 0.25) is 5.96 Å². The van der Waals surface area contributed by atoms with Gasteiger partial charge in [-0.05, 0) is 51.1 Å². The van der Waals surface area contributed by atoms with Gasteiger partial charge < -0.3 is 15.7 Å². The Morgan fingerprint density at radius 3 is 2.91 bits per heavy atom. The van der Waals surface area contributed by atoms with Crippen LogP contribution in [0.15, 0.2) is 4.99 Å². The summed E-state index contributed by atoms with van der Waals surface area (Å²) in [5.74, 6) is -0.0445. The zero-order chi connectivity index (χ0) is 15.8. The first kappa shape index (κ1) is 16.6. The minimum Gasteiger partial charge on any atom is -0.481 e. The summed E-state index contributed by atoms with van der Waals surface area (Å²) >= 11 is 0. The number of aliphatic imine (C=N–C) groups is 1. The second-order valence-electron chi connectivity index (χ2n) is 6.18. The third kappa shape index (κ3) is 5.19. The van der Waals surface area contributed by atoms with Crippen LogP contribution in [-0.4, -0.2) is 42.7 Å². The normalized spacial score (nSPS) is 29.4. The van der Waals surface area contributed by atoms with Crippen LogP contribution in [0, 0.1) is 23.3 Å². The number of hydrogen-bond donors (Lipinski definition) is 4. The largest absolute Gasteiger partial charge is 0.481 e. The number of hydrogen-bond acceptors (Lipinski definition) is 4. The lowest BCUT2D eigenvalue weighted by molar-refractivity contribution is -0.143. The van der Waals surface area contributed by atoms with Crippen molar-refractivity contribution in [2.45, 2.75) is 44.6 Å². The number of carboxylic acid groups (broad SMARTS) is 1. The molecule has 0 aromatic carbocycles. The van der Waals surface area contributed by atoms with Gasteiger partial charge in [0.15, 0.2) is 6.19 Å². The minimum absolute atomic E-state index is 0.0685. The summed E-state index contributed by atoms with van der Waals surface area (Å²) in [6, 6.07) is 0.0685. The Hall–Kier alpha value is -1.81. The number of nitriles is 1. The number of guanidine groups is 1. The van der Waals surface area contributed by atoms with Crippen LogP contribution in [0.4, 0.5) is 0 Å². The third-order valence-electron chi connectivity index (χ3n) is 4.45.